The zero-order valence-electron chi connectivity index (χ0n) is 18.9. The number of nitrogens with zero attached hydrogens (tertiary/aromatic N) is 2. The van der Waals surface area contributed by atoms with E-state index in [1.165, 1.54) is 25.6 Å². The van der Waals surface area contributed by atoms with Crippen LogP contribution in [0, 0.1) is 11.8 Å². The third kappa shape index (κ3) is 3.83. The molecule has 178 valence electrons. The largest absolute Gasteiger partial charge is 0.304 e. The molecule has 2 bridgehead atoms. The summed E-state index contributed by atoms with van der Waals surface area (Å²) in [5.41, 5.74) is 1.98. The lowest BCUT2D eigenvalue weighted by Crippen LogP contribution is -2.65. The number of hydrogen-bond donors (Lipinski definition) is 2. The second-order valence-corrected chi connectivity index (χ2v) is 11.1. The van der Waals surface area contributed by atoms with Crippen molar-refractivity contribution in [1.29, 1.82) is 0 Å². The molecule has 9 heteroatoms. The van der Waals surface area contributed by atoms with E-state index in [1.807, 2.05) is 48.5 Å². The number of carbonyl (C=O) groups is 2. The van der Waals surface area contributed by atoms with Crippen LogP contribution in [0.15, 0.2) is 53.6 Å². The Labute approximate surface area is 213 Å². The van der Waals surface area contributed by atoms with Gasteiger partial charge in [0.1, 0.15) is 4.87 Å². The minimum absolute atomic E-state index is 0.0220. The summed E-state index contributed by atoms with van der Waals surface area (Å²) in [5, 5.41) is 14.8. The number of halogens is 2. The van der Waals surface area contributed by atoms with Gasteiger partial charge in [0, 0.05) is 47.8 Å². The highest BCUT2D eigenvalue weighted by atomic mass is 35.5. The van der Waals surface area contributed by atoms with Crippen molar-refractivity contribution in [2.75, 3.05) is 0 Å². The first-order valence-electron chi connectivity index (χ1n) is 11.4. The molecule has 1 saturated heterocycles. The summed E-state index contributed by atoms with van der Waals surface area (Å²) in [6.07, 6.45) is 2.81. The van der Waals surface area contributed by atoms with Crippen LogP contribution >= 0.6 is 35.0 Å². The van der Waals surface area contributed by atoms with Crippen LogP contribution in [0.25, 0.3) is 0 Å². The zero-order valence-corrected chi connectivity index (χ0v) is 21.3. The molecule has 2 amide bonds. The van der Waals surface area contributed by atoms with Crippen molar-refractivity contribution < 1.29 is 9.59 Å². The van der Waals surface area contributed by atoms with Crippen LogP contribution in [0.5, 0.6) is 0 Å². The van der Waals surface area contributed by atoms with E-state index in [1.54, 1.807) is 5.01 Å². The van der Waals surface area contributed by atoms with Crippen LogP contribution in [0.2, 0.25) is 10.0 Å². The lowest BCUT2D eigenvalue weighted by Gasteiger charge is -2.59. The second kappa shape index (κ2) is 9.19. The Bertz CT molecular complexity index is 1110. The Morgan fingerprint density at radius 3 is 2.00 bits per heavy atom. The molecule has 2 aliphatic heterocycles. The molecule has 3 unspecified atom stereocenters. The van der Waals surface area contributed by atoms with Gasteiger partial charge in [-0.1, -0.05) is 77.8 Å². The van der Waals surface area contributed by atoms with Crippen molar-refractivity contribution >= 4 is 51.9 Å². The summed E-state index contributed by atoms with van der Waals surface area (Å²) < 4.78 is 0. The normalized spacial score (nSPS) is 30.2. The van der Waals surface area contributed by atoms with Gasteiger partial charge in [-0.2, -0.15) is 0 Å². The fraction of sp³-hybridized carbons (Fsp3) is 0.400. The average molecular weight is 517 g/mol. The molecule has 2 N–H and O–H groups in total. The maximum atomic E-state index is 13.0. The average Bonchev–Trinajstić information content (AvgIpc) is 3.13. The number of hydrazone groups is 1. The molecule has 1 aliphatic carbocycles. The van der Waals surface area contributed by atoms with Gasteiger partial charge in [-0.15, -0.1) is 5.10 Å². The lowest BCUT2D eigenvalue weighted by atomic mass is 9.64. The van der Waals surface area contributed by atoms with Gasteiger partial charge in [-0.3, -0.25) is 9.59 Å². The molecule has 6 nitrogen and oxygen atoms in total. The van der Waals surface area contributed by atoms with Crippen LogP contribution < -0.4 is 10.6 Å². The van der Waals surface area contributed by atoms with Crippen molar-refractivity contribution in [2.24, 2.45) is 16.9 Å². The number of nitrogens with one attached hydrogen (secondary N) is 2. The van der Waals surface area contributed by atoms with Gasteiger partial charge in [0.05, 0.1) is 0 Å². The van der Waals surface area contributed by atoms with E-state index in [0.717, 1.165) is 30.4 Å². The fourth-order valence-electron chi connectivity index (χ4n) is 5.92. The maximum absolute atomic E-state index is 13.0. The molecule has 5 rings (SSSR count). The standard InChI is InChI=1S/C25H26Cl2N4O2S/c1-14(32)28-24-30-31(15(2)33)25(34-24)18-10-7-11-19(25)23(17-9-4-6-13-21(17)27)29-22(18)16-8-3-5-12-20(16)26/h3-6,8-9,12-13,18-19,22-23,29H,7,10-11H2,1-2H3,(H,28,30,32)/t18-,19+,22?,23?,25?. The predicted molar refractivity (Wildman–Crippen MR) is 136 cm³/mol. The van der Waals surface area contributed by atoms with Crippen molar-refractivity contribution in [2.45, 2.75) is 50.1 Å². The molecular formula is C25H26Cl2N4O2S. The van der Waals surface area contributed by atoms with Gasteiger partial charge >= 0.3 is 0 Å². The molecule has 34 heavy (non-hydrogen) atoms. The van der Waals surface area contributed by atoms with Crippen LogP contribution in [-0.2, 0) is 9.59 Å². The number of piperidine rings is 1. The molecule has 0 radical (unpaired) electrons. The summed E-state index contributed by atoms with van der Waals surface area (Å²) in [7, 11) is 0. The molecule has 0 aromatic heterocycles. The van der Waals surface area contributed by atoms with Gasteiger partial charge in [0.25, 0.3) is 0 Å². The van der Waals surface area contributed by atoms with E-state index in [4.69, 9.17) is 23.2 Å². The number of hydrogen-bond acceptors (Lipinski definition) is 5. The van der Waals surface area contributed by atoms with Crippen LogP contribution in [-0.4, -0.2) is 26.9 Å². The highest BCUT2D eigenvalue weighted by Crippen LogP contribution is 2.63. The predicted octanol–water partition coefficient (Wildman–Crippen LogP) is 5.49. The zero-order chi connectivity index (χ0) is 24.0. The van der Waals surface area contributed by atoms with E-state index < -0.39 is 4.87 Å². The summed E-state index contributed by atoms with van der Waals surface area (Å²) in [6, 6.07) is 15.4. The van der Waals surface area contributed by atoms with Crippen molar-refractivity contribution in [3.63, 3.8) is 0 Å². The first kappa shape index (κ1) is 23.7. The molecule has 2 fully saturated rings. The molecule has 1 saturated carbocycles. The highest BCUT2D eigenvalue weighted by molar-refractivity contribution is 8.15. The third-order valence-electron chi connectivity index (χ3n) is 7.10. The monoisotopic (exact) mass is 516 g/mol. The van der Waals surface area contributed by atoms with Crippen LogP contribution in [0.1, 0.15) is 56.3 Å². The van der Waals surface area contributed by atoms with Gasteiger partial charge in [-0.05, 0) is 36.1 Å². The Kier molecular flexibility index (Phi) is 6.40. The van der Waals surface area contributed by atoms with E-state index >= 15 is 0 Å². The van der Waals surface area contributed by atoms with E-state index in [9.17, 15) is 9.59 Å². The van der Waals surface area contributed by atoms with Crippen molar-refractivity contribution in [3.8, 4) is 0 Å². The summed E-state index contributed by atoms with van der Waals surface area (Å²) in [5.74, 6) is -0.318. The number of amides is 2. The Hall–Kier alpha value is -2.06. The second-order valence-electron chi connectivity index (χ2n) is 9.08. The number of benzene rings is 2. The first-order valence-corrected chi connectivity index (χ1v) is 13.0. The lowest BCUT2D eigenvalue weighted by molar-refractivity contribution is -0.140. The maximum Gasteiger partial charge on any atom is 0.240 e. The Morgan fingerprint density at radius 2 is 1.53 bits per heavy atom. The van der Waals surface area contributed by atoms with Crippen LogP contribution in [0.4, 0.5) is 0 Å². The Balaban J connectivity index is 1.70. The summed E-state index contributed by atoms with van der Waals surface area (Å²) >= 11 is 14.9. The van der Waals surface area contributed by atoms with Gasteiger partial charge < -0.3 is 10.6 Å². The number of carbonyl (C=O) groups excluding carboxylic acids is 2. The SMILES string of the molecule is CC(=O)NC1=NN(C(C)=O)C2(S1)[C@@H]1CCC[C@H]2C(c2ccccc2Cl)NC1c1ccccc1Cl. The molecule has 5 atom stereocenters. The molecular weight excluding hydrogens is 491 g/mol. The van der Waals surface area contributed by atoms with Crippen molar-refractivity contribution in [1.82, 2.24) is 15.6 Å². The number of thioether (sulfide) groups is 1. The number of rotatable bonds is 2. The summed E-state index contributed by atoms with van der Waals surface area (Å²) in [4.78, 5) is 24.2. The van der Waals surface area contributed by atoms with Crippen LogP contribution in [0.3, 0.4) is 0 Å². The van der Waals surface area contributed by atoms with Gasteiger partial charge in [-0.25, -0.2) is 5.01 Å². The highest BCUT2D eigenvalue weighted by Gasteiger charge is 2.64. The topological polar surface area (TPSA) is 73.8 Å². The van der Waals surface area contributed by atoms with E-state index in [0.29, 0.717) is 15.2 Å². The Morgan fingerprint density at radius 1 is 1.00 bits per heavy atom. The van der Waals surface area contributed by atoms with E-state index in [-0.39, 0.29) is 35.7 Å². The molecule has 2 aromatic rings. The molecule has 3 aliphatic rings. The fourth-order valence-corrected chi connectivity index (χ4v) is 8.12. The number of amidine groups is 1. The molecule has 2 heterocycles. The third-order valence-corrected chi connectivity index (χ3v) is 9.27. The molecule has 2 aromatic carbocycles. The quantitative estimate of drug-likeness (QED) is 0.552. The van der Waals surface area contributed by atoms with Gasteiger partial charge in [0.15, 0.2) is 5.17 Å². The smallest absolute Gasteiger partial charge is 0.240 e. The van der Waals surface area contributed by atoms with Crippen molar-refractivity contribution in [3.05, 3.63) is 69.7 Å². The van der Waals surface area contributed by atoms with Gasteiger partial charge in [0.2, 0.25) is 11.8 Å². The summed E-state index contributed by atoms with van der Waals surface area (Å²) in [6.45, 7) is 2.99. The molecule has 1 spiro atoms. The first-order chi connectivity index (χ1) is 16.3. The van der Waals surface area contributed by atoms with E-state index in [2.05, 4.69) is 15.7 Å². The minimum atomic E-state index is -0.680. The minimum Gasteiger partial charge on any atom is -0.304 e.